The highest BCUT2D eigenvalue weighted by Crippen LogP contribution is 2.11. The Morgan fingerprint density at radius 1 is 0.444 bits per heavy atom. The molecule has 0 amide bonds. The molecule has 0 aliphatic carbocycles. The first-order valence-corrected chi connectivity index (χ1v) is 10.2. The van der Waals surface area contributed by atoms with Crippen molar-refractivity contribution < 1.29 is 0 Å². The summed E-state index contributed by atoms with van der Waals surface area (Å²) in [6.45, 7) is 16.0. The number of nitrogens with zero attached hydrogens (tertiary/aromatic N) is 2. The van der Waals surface area contributed by atoms with E-state index in [1.54, 1.807) is 7.05 Å². The molecule has 0 spiro atoms. The molecule has 0 aliphatic rings. The summed E-state index contributed by atoms with van der Waals surface area (Å²) in [7, 11) is 1.66. The van der Waals surface area contributed by atoms with Crippen LogP contribution in [-0.4, -0.2) is 7.05 Å². The highest BCUT2D eigenvalue weighted by atomic mass is 15.1. The van der Waals surface area contributed by atoms with Crippen LogP contribution >= 0.6 is 0 Å². The van der Waals surface area contributed by atoms with Crippen LogP contribution in [0.2, 0.25) is 0 Å². The third-order valence-electron chi connectivity index (χ3n) is 2.63. The van der Waals surface area contributed by atoms with Crippen molar-refractivity contribution in [3.05, 3.63) is 78.9 Å². The van der Waals surface area contributed by atoms with Crippen LogP contribution in [-0.2, 0) is 0 Å². The summed E-state index contributed by atoms with van der Waals surface area (Å²) in [4.78, 5) is 0. The summed E-state index contributed by atoms with van der Waals surface area (Å²) in [6, 6.07) is 26.4. The highest BCUT2D eigenvalue weighted by Gasteiger charge is 1.85. The van der Waals surface area contributed by atoms with E-state index in [1.165, 1.54) is 10.8 Å². The smallest absolute Gasteiger partial charge is 0.0852 e. The van der Waals surface area contributed by atoms with Gasteiger partial charge in [0.2, 0.25) is 0 Å². The fraction of sp³-hybridized carbons (Fsp3) is 0.360. The van der Waals surface area contributed by atoms with Crippen LogP contribution in [0.5, 0.6) is 0 Å². The molecule has 27 heavy (non-hydrogen) atoms. The summed E-state index contributed by atoms with van der Waals surface area (Å²) in [5.74, 6) is 0. The van der Waals surface area contributed by atoms with Crippen LogP contribution in [0.1, 0.15) is 55.4 Å². The minimum atomic E-state index is 0.903. The number of hydrogen-bond acceptors (Lipinski definition) is 2. The molecule has 150 valence electrons. The predicted molar refractivity (Wildman–Crippen MR) is 126 cm³/mol. The quantitative estimate of drug-likeness (QED) is 0.382. The van der Waals surface area contributed by atoms with Gasteiger partial charge in [0, 0.05) is 7.05 Å². The second-order valence-electron chi connectivity index (χ2n) is 3.98. The molecule has 0 unspecified atom stereocenters. The third kappa shape index (κ3) is 15.5. The van der Waals surface area contributed by atoms with Crippen molar-refractivity contribution in [3.63, 3.8) is 0 Å². The standard InChI is InChI=1S/C10H8.C7H8N2.4C2H6/c1-2-6-10-8-4-3-7-9(10)5-1;1-8-9-7-5-3-2-4-6-7;4*1-2/h1-8H;2-6H,1H3;4*1-2H3. The lowest BCUT2D eigenvalue weighted by atomic mass is 10.1. The monoisotopic (exact) mass is 368 g/mol. The van der Waals surface area contributed by atoms with Gasteiger partial charge in [-0.1, -0.05) is 122 Å². The first-order chi connectivity index (χ1) is 13.4. The lowest BCUT2D eigenvalue weighted by Crippen LogP contribution is -1.67. The average Bonchev–Trinajstić information content (AvgIpc) is 2.81. The Kier molecular flexibility index (Phi) is 27.9. The second kappa shape index (κ2) is 25.8. The zero-order valence-corrected chi connectivity index (χ0v) is 18.9. The Balaban J connectivity index is -0.000000314. The van der Waals surface area contributed by atoms with E-state index in [4.69, 9.17) is 0 Å². The van der Waals surface area contributed by atoms with Crippen molar-refractivity contribution >= 4 is 16.5 Å². The number of benzene rings is 3. The van der Waals surface area contributed by atoms with Gasteiger partial charge in [-0.05, 0) is 22.9 Å². The minimum absolute atomic E-state index is 0.903. The molecular weight excluding hydrogens is 328 g/mol. The molecule has 3 aromatic rings. The van der Waals surface area contributed by atoms with Crippen molar-refractivity contribution in [2.24, 2.45) is 10.2 Å². The molecule has 0 heterocycles. The maximum Gasteiger partial charge on any atom is 0.0852 e. The van der Waals surface area contributed by atoms with E-state index < -0.39 is 0 Å². The molecule has 0 atom stereocenters. The van der Waals surface area contributed by atoms with Gasteiger partial charge in [0.05, 0.1) is 5.69 Å². The summed E-state index contributed by atoms with van der Waals surface area (Å²) in [6.07, 6.45) is 0. The maximum absolute atomic E-state index is 3.83. The highest BCUT2D eigenvalue weighted by molar-refractivity contribution is 5.81. The summed E-state index contributed by atoms with van der Waals surface area (Å²) in [5.41, 5.74) is 0.903. The molecule has 0 N–H and O–H groups in total. The molecule has 3 rings (SSSR count). The number of hydrogen-bond donors (Lipinski definition) is 0. The molecule has 2 nitrogen and oxygen atoms in total. The van der Waals surface area contributed by atoms with Gasteiger partial charge in [0.25, 0.3) is 0 Å². The van der Waals surface area contributed by atoms with E-state index in [-0.39, 0.29) is 0 Å². The molecule has 2 heteroatoms. The number of fused-ring (bicyclic) bond motifs is 1. The van der Waals surface area contributed by atoms with E-state index in [9.17, 15) is 0 Å². The molecule has 0 fully saturated rings. The van der Waals surface area contributed by atoms with Gasteiger partial charge >= 0.3 is 0 Å². The van der Waals surface area contributed by atoms with Crippen molar-refractivity contribution in [2.45, 2.75) is 55.4 Å². The third-order valence-corrected chi connectivity index (χ3v) is 2.63. The van der Waals surface area contributed by atoms with Gasteiger partial charge in [-0.2, -0.15) is 10.2 Å². The van der Waals surface area contributed by atoms with E-state index in [0.29, 0.717) is 0 Å². The van der Waals surface area contributed by atoms with E-state index in [2.05, 4.69) is 58.8 Å². The number of rotatable bonds is 1. The number of azo groups is 1. The molecule has 0 radical (unpaired) electrons. The van der Waals surface area contributed by atoms with Crippen molar-refractivity contribution in [1.82, 2.24) is 0 Å². The summed E-state index contributed by atoms with van der Waals surface area (Å²) < 4.78 is 0. The zero-order chi connectivity index (χ0) is 21.3. The summed E-state index contributed by atoms with van der Waals surface area (Å²) >= 11 is 0. The van der Waals surface area contributed by atoms with Crippen LogP contribution < -0.4 is 0 Å². The summed E-state index contributed by atoms with van der Waals surface area (Å²) in [5, 5.41) is 10.1. The largest absolute Gasteiger partial charge is 0.192 e. The van der Waals surface area contributed by atoms with Gasteiger partial charge in [0.15, 0.2) is 0 Å². The van der Waals surface area contributed by atoms with E-state index in [1.807, 2.05) is 85.7 Å². The van der Waals surface area contributed by atoms with Crippen LogP contribution in [0.25, 0.3) is 10.8 Å². The molecule has 0 aliphatic heterocycles. The Morgan fingerprint density at radius 3 is 1.04 bits per heavy atom. The zero-order valence-electron chi connectivity index (χ0n) is 18.9. The first kappa shape index (κ1) is 29.3. The van der Waals surface area contributed by atoms with Gasteiger partial charge in [0.1, 0.15) is 0 Å². The van der Waals surface area contributed by atoms with Gasteiger partial charge < -0.3 is 0 Å². The lowest BCUT2D eigenvalue weighted by Gasteiger charge is -1.92. The average molecular weight is 369 g/mol. The molecule has 3 aromatic carbocycles. The molecule has 0 bridgehead atoms. The maximum atomic E-state index is 3.83. The van der Waals surface area contributed by atoms with Crippen LogP contribution in [0.15, 0.2) is 89.1 Å². The van der Waals surface area contributed by atoms with Gasteiger partial charge in [-0.3, -0.25) is 0 Å². The van der Waals surface area contributed by atoms with Crippen LogP contribution in [0.4, 0.5) is 5.69 Å². The fourth-order valence-electron chi connectivity index (χ4n) is 1.74. The van der Waals surface area contributed by atoms with Crippen molar-refractivity contribution in [1.29, 1.82) is 0 Å². The molecule has 0 saturated carbocycles. The topological polar surface area (TPSA) is 24.7 Å². The van der Waals surface area contributed by atoms with Crippen molar-refractivity contribution in [2.75, 3.05) is 7.05 Å². The Labute approximate surface area is 168 Å². The van der Waals surface area contributed by atoms with Crippen LogP contribution in [0.3, 0.4) is 0 Å². The predicted octanol–water partition coefficient (Wildman–Crippen LogP) is 9.34. The van der Waals surface area contributed by atoms with Gasteiger partial charge in [-0.25, -0.2) is 0 Å². The second-order valence-corrected chi connectivity index (χ2v) is 3.98. The minimum Gasteiger partial charge on any atom is -0.192 e. The van der Waals surface area contributed by atoms with Gasteiger partial charge in [-0.15, -0.1) is 0 Å². The lowest BCUT2D eigenvalue weighted by molar-refractivity contribution is 1.17. The normalized spacial score (nSPS) is 8.04. The molecule has 0 aromatic heterocycles. The van der Waals surface area contributed by atoms with E-state index >= 15 is 0 Å². The molecule has 0 saturated heterocycles. The van der Waals surface area contributed by atoms with Crippen LogP contribution in [0, 0.1) is 0 Å². The van der Waals surface area contributed by atoms with Crippen molar-refractivity contribution in [3.8, 4) is 0 Å². The fourth-order valence-corrected chi connectivity index (χ4v) is 1.74. The Morgan fingerprint density at radius 2 is 0.741 bits per heavy atom. The molecular formula is C25H40N2. The first-order valence-electron chi connectivity index (χ1n) is 10.2. The van der Waals surface area contributed by atoms with E-state index in [0.717, 1.165) is 5.69 Å². The Hall–Kier alpha value is -2.48. The SMILES string of the molecule is CC.CC.CC.CC.CN=Nc1ccccc1.c1ccc2ccccc2c1. The Bertz CT molecular complexity index is 581.